The van der Waals surface area contributed by atoms with Crippen LogP contribution in [0.25, 0.3) is 0 Å². The van der Waals surface area contributed by atoms with E-state index in [0.717, 1.165) is 25.7 Å². The van der Waals surface area contributed by atoms with Gasteiger partial charge in [-0.05, 0) is 38.2 Å². The zero-order valence-electron chi connectivity index (χ0n) is 12.5. The largest absolute Gasteiger partial charge is 0.469 e. The van der Waals surface area contributed by atoms with Gasteiger partial charge in [-0.1, -0.05) is 12.8 Å². The third-order valence-electron chi connectivity index (χ3n) is 4.89. The van der Waals surface area contributed by atoms with Gasteiger partial charge in [0.2, 0.25) is 0 Å². The van der Waals surface area contributed by atoms with E-state index in [-0.39, 0.29) is 17.9 Å². The molecule has 0 unspecified atom stereocenters. The van der Waals surface area contributed by atoms with Gasteiger partial charge in [0.05, 0.1) is 18.9 Å². The van der Waals surface area contributed by atoms with Crippen molar-refractivity contribution in [2.24, 2.45) is 5.92 Å². The molecular formula is C16H21NO4. The van der Waals surface area contributed by atoms with Gasteiger partial charge in [-0.2, -0.15) is 0 Å². The molecule has 1 amide bonds. The summed E-state index contributed by atoms with van der Waals surface area (Å²) in [5, 5.41) is 0. The highest BCUT2D eigenvalue weighted by molar-refractivity contribution is 5.98. The van der Waals surface area contributed by atoms with Gasteiger partial charge in [-0.15, -0.1) is 0 Å². The van der Waals surface area contributed by atoms with E-state index in [9.17, 15) is 9.59 Å². The van der Waals surface area contributed by atoms with Crippen LogP contribution in [-0.4, -0.2) is 36.0 Å². The van der Waals surface area contributed by atoms with Crippen molar-refractivity contribution in [3.8, 4) is 0 Å². The van der Waals surface area contributed by atoms with Crippen molar-refractivity contribution in [1.29, 1.82) is 0 Å². The van der Waals surface area contributed by atoms with Crippen LogP contribution in [0.4, 0.5) is 0 Å². The number of esters is 1. The van der Waals surface area contributed by atoms with E-state index in [4.69, 9.17) is 9.15 Å². The number of carbonyl (C=O) groups excluding carboxylic acids is 2. The van der Waals surface area contributed by atoms with E-state index in [1.807, 2.05) is 0 Å². The quantitative estimate of drug-likeness (QED) is 0.786. The second-order valence-electron chi connectivity index (χ2n) is 5.99. The lowest BCUT2D eigenvalue weighted by Crippen LogP contribution is -2.46. The number of hydrogen-bond donors (Lipinski definition) is 0. The van der Waals surface area contributed by atoms with Gasteiger partial charge in [0.1, 0.15) is 11.8 Å². The molecule has 1 saturated heterocycles. The van der Waals surface area contributed by atoms with Crippen LogP contribution in [-0.2, 0) is 9.53 Å². The fraction of sp³-hybridized carbons (Fsp3) is 0.625. The zero-order chi connectivity index (χ0) is 15.0. The minimum atomic E-state index is -0.454. The van der Waals surface area contributed by atoms with E-state index >= 15 is 0 Å². The van der Waals surface area contributed by atoms with E-state index in [0.29, 0.717) is 17.2 Å². The maximum Gasteiger partial charge on any atom is 0.328 e. The number of fused-ring (bicyclic) bond motifs is 1. The first-order chi connectivity index (χ1) is 10.1. The smallest absolute Gasteiger partial charge is 0.328 e. The molecule has 5 nitrogen and oxygen atoms in total. The number of nitrogens with zero attached hydrogens (tertiary/aromatic N) is 1. The molecular weight excluding hydrogens is 270 g/mol. The van der Waals surface area contributed by atoms with Crippen molar-refractivity contribution in [3.63, 3.8) is 0 Å². The van der Waals surface area contributed by atoms with Crippen molar-refractivity contribution in [3.05, 3.63) is 23.7 Å². The number of amides is 1. The van der Waals surface area contributed by atoms with Crippen LogP contribution >= 0.6 is 0 Å². The molecule has 1 aromatic heterocycles. The summed E-state index contributed by atoms with van der Waals surface area (Å²) in [6, 6.07) is 1.39. The molecule has 2 fully saturated rings. The first kappa shape index (κ1) is 14.2. The van der Waals surface area contributed by atoms with Crippen LogP contribution in [0.1, 0.15) is 48.2 Å². The summed E-state index contributed by atoms with van der Waals surface area (Å²) in [4.78, 5) is 26.7. The molecule has 1 saturated carbocycles. The molecule has 21 heavy (non-hydrogen) atoms. The van der Waals surface area contributed by atoms with Crippen molar-refractivity contribution >= 4 is 11.9 Å². The molecule has 2 aliphatic rings. The predicted molar refractivity (Wildman–Crippen MR) is 75.8 cm³/mol. The topological polar surface area (TPSA) is 59.8 Å². The van der Waals surface area contributed by atoms with Gasteiger partial charge in [-0.3, -0.25) is 4.79 Å². The third kappa shape index (κ3) is 2.34. The molecule has 0 aromatic carbocycles. The van der Waals surface area contributed by atoms with Crippen molar-refractivity contribution in [1.82, 2.24) is 4.90 Å². The Labute approximate surface area is 124 Å². The normalized spacial score (nSPS) is 28.3. The van der Waals surface area contributed by atoms with Crippen LogP contribution in [0, 0.1) is 12.8 Å². The van der Waals surface area contributed by atoms with Gasteiger partial charge in [0.15, 0.2) is 0 Å². The predicted octanol–water partition coefficient (Wildman–Crippen LogP) is 2.53. The van der Waals surface area contributed by atoms with Crippen molar-refractivity contribution in [2.45, 2.75) is 51.1 Å². The molecule has 0 radical (unpaired) electrons. The van der Waals surface area contributed by atoms with Gasteiger partial charge < -0.3 is 14.1 Å². The Bertz CT molecular complexity index is 550. The lowest BCUT2D eigenvalue weighted by atomic mass is 9.84. The third-order valence-corrected chi connectivity index (χ3v) is 4.89. The highest BCUT2D eigenvalue weighted by atomic mass is 16.5. The molecule has 1 aromatic rings. The summed E-state index contributed by atoms with van der Waals surface area (Å²) in [5.74, 6) is 0.604. The van der Waals surface area contributed by atoms with Crippen LogP contribution in [0.3, 0.4) is 0 Å². The standard InChI is InChI=1S/C16H21NO4/c1-10-12(7-8-21-10)15(18)17-13-6-4-3-5-11(13)9-14(17)16(19)20-2/h7-8,11,13-14H,3-6,9H2,1-2H3/t11-,13-,14+/m1/s1. The molecule has 1 aliphatic heterocycles. The molecule has 5 heteroatoms. The Morgan fingerprint density at radius 2 is 2.10 bits per heavy atom. The molecule has 114 valence electrons. The highest BCUT2D eigenvalue weighted by Gasteiger charge is 2.48. The Morgan fingerprint density at radius 3 is 2.76 bits per heavy atom. The summed E-state index contributed by atoms with van der Waals surface area (Å²) in [7, 11) is 1.38. The highest BCUT2D eigenvalue weighted by Crippen LogP contribution is 2.41. The maximum absolute atomic E-state index is 12.9. The Balaban J connectivity index is 1.93. The lowest BCUT2D eigenvalue weighted by molar-refractivity contribution is -0.145. The first-order valence-corrected chi connectivity index (χ1v) is 7.58. The van der Waals surface area contributed by atoms with Crippen LogP contribution in [0.2, 0.25) is 0 Å². The summed E-state index contributed by atoms with van der Waals surface area (Å²) in [6.07, 6.45) is 6.60. The van der Waals surface area contributed by atoms with Gasteiger partial charge in [0.25, 0.3) is 5.91 Å². The summed E-state index contributed by atoms with van der Waals surface area (Å²) in [5.41, 5.74) is 0.551. The number of rotatable bonds is 2. The van der Waals surface area contributed by atoms with E-state index in [2.05, 4.69) is 0 Å². The minimum Gasteiger partial charge on any atom is -0.469 e. The molecule has 0 bridgehead atoms. The van der Waals surface area contributed by atoms with Gasteiger partial charge in [0, 0.05) is 6.04 Å². The first-order valence-electron chi connectivity index (χ1n) is 7.58. The Hall–Kier alpha value is -1.78. The van der Waals surface area contributed by atoms with Crippen molar-refractivity contribution < 1.29 is 18.7 Å². The average molecular weight is 291 g/mol. The second-order valence-corrected chi connectivity index (χ2v) is 5.99. The number of hydrogen-bond acceptors (Lipinski definition) is 4. The number of carbonyl (C=O) groups is 2. The number of ether oxygens (including phenoxy) is 1. The van der Waals surface area contributed by atoms with E-state index in [1.165, 1.54) is 19.8 Å². The molecule has 1 aliphatic carbocycles. The van der Waals surface area contributed by atoms with Gasteiger partial charge >= 0.3 is 5.97 Å². The monoisotopic (exact) mass is 291 g/mol. The number of aryl methyl sites for hydroxylation is 1. The summed E-state index contributed by atoms with van der Waals surface area (Å²) < 4.78 is 10.2. The van der Waals surface area contributed by atoms with Crippen molar-refractivity contribution in [2.75, 3.05) is 7.11 Å². The summed E-state index contributed by atoms with van der Waals surface area (Å²) >= 11 is 0. The van der Waals surface area contributed by atoms with E-state index < -0.39 is 6.04 Å². The number of likely N-dealkylation sites (tertiary alicyclic amines) is 1. The van der Waals surface area contributed by atoms with Crippen LogP contribution in [0.15, 0.2) is 16.7 Å². The lowest BCUT2D eigenvalue weighted by Gasteiger charge is -2.33. The maximum atomic E-state index is 12.9. The SMILES string of the molecule is COC(=O)[C@@H]1C[C@H]2CCCC[C@H]2N1C(=O)c1ccoc1C. The fourth-order valence-corrected chi connectivity index (χ4v) is 3.84. The minimum absolute atomic E-state index is 0.106. The van der Waals surface area contributed by atoms with Crippen LogP contribution < -0.4 is 0 Å². The zero-order valence-corrected chi connectivity index (χ0v) is 12.5. The molecule has 3 rings (SSSR count). The number of methoxy groups -OCH3 is 1. The van der Waals surface area contributed by atoms with Crippen LogP contribution in [0.5, 0.6) is 0 Å². The molecule has 0 spiro atoms. The number of furan rings is 1. The Kier molecular flexibility index (Phi) is 3.74. The molecule has 0 N–H and O–H groups in total. The second kappa shape index (κ2) is 5.54. The molecule has 3 atom stereocenters. The van der Waals surface area contributed by atoms with E-state index in [1.54, 1.807) is 17.9 Å². The Morgan fingerprint density at radius 1 is 1.33 bits per heavy atom. The average Bonchev–Trinajstić information content (AvgIpc) is 3.09. The van der Waals surface area contributed by atoms with Gasteiger partial charge in [-0.25, -0.2) is 4.79 Å². The summed E-state index contributed by atoms with van der Waals surface area (Å²) in [6.45, 7) is 1.77. The molecule has 2 heterocycles. The fourth-order valence-electron chi connectivity index (χ4n) is 3.84.